The van der Waals surface area contributed by atoms with Crippen molar-refractivity contribution in [1.82, 2.24) is 25.3 Å². The Hall–Kier alpha value is -3.96. The first-order valence-electron chi connectivity index (χ1n) is 14.8. The van der Waals surface area contributed by atoms with Gasteiger partial charge in [0.25, 0.3) is 5.91 Å². The van der Waals surface area contributed by atoms with Crippen LogP contribution in [0.4, 0.5) is 14.9 Å². The number of hydrogen-bond acceptors (Lipinski definition) is 5. The number of halogens is 1. The summed E-state index contributed by atoms with van der Waals surface area (Å²) in [5.41, 5.74) is 0.649. The molecule has 1 heterocycles. The number of benzene rings is 1. The molecule has 3 fully saturated rings. The van der Waals surface area contributed by atoms with Crippen LogP contribution in [0.1, 0.15) is 74.3 Å². The maximum absolute atomic E-state index is 15.4. The Balaban J connectivity index is 1.31. The molecule has 0 radical (unpaired) electrons. The number of aryl methyl sites for hydroxylation is 1. The van der Waals surface area contributed by atoms with Crippen molar-refractivity contribution in [2.75, 3.05) is 12.4 Å². The number of carbonyl (C=O) groups excluding carboxylic acids is 3. The number of urea groups is 1. The van der Waals surface area contributed by atoms with Crippen molar-refractivity contribution in [3.8, 4) is 0 Å². The number of carboxylic acids is 1. The standard InChI is InChI=1S/C30H39FN6O5/c1-4-37-23(13-14-32-37)27(38)34-26(24(17-5-6-17)18-7-8-18)28(39)33-22-12-9-19(15-21(22)31)16(2)25(29(40)41)35-30(42)36(3)20-10-11-20/h9,12-18,20,24-26H,4-8,10-11H2,1-3H3,(H,33,39)(H,34,38)(H,35,42)(H,40,41)/t16-,25+,26-/m0/s1. The molecule has 3 aliphatic rings. The second-order valence-electron chi connectivity index (χ2n) is 11.9. The molecule has 4 amide bonds. The number of nitrogens with zero attached hydrogens (tertiary/aromatic N) is 3. The summed E-state index contributed by atoms with van der Waals surface area (Å²) in [5.74, 6) is -2.98. The average Bonchev–Trinajstić information content (AvgIpc) is 3.82. The first-order chi connectivity index (χ1) is 20.1. The largest absolute Gasteiger partial charge is 0.480 e. The maximum Gasteiger partial charge on any atom is 0.326 e. The van der Waals surface area contributed by atoms with Crippen LogP contribution in [0.2, 0.25) is 0 Å². The number of anilines is 1. The minimum Gasteiger partial charge on any atom is -0.480 e. The number of aromatic nitrogens is 2. The van der Waals surface area contributed by atoms with Crippen molar-refractivity contribution < 1.29 is 28.7 Å². The van der Waals surface area contributed by atoms with E-state index in [1.807, 2.05) is 6.92 Å². The molecule has 3 saturated carbocycles. The molecule has 226 valence electrons. The van der Waals surface area contributed by atoms with Crippen LogP contribution in [0.3, 0.4) is 0 Å². The Morgan fingerprint density at radius 1 is 1.05 bits per heavy atom. The van der Waals surface area contributed by atoms with E-state index in [-0.39, 0.29) is 17.6 Å². The zero-order valence-electron chi connectivity index (χ0n) is 24.2. The molecule has 3 aliphatic carbocycles. The smallest absolute Gasteiger partial charge is 0.326 e. The third-order valence-corrected chi connectivity index (χ3v) is 8.77. The van der Waals surface area contributed by atoms with E-state index in [0.29, 0.717) is 29.6 Å². The van der Waals surface area contributed by atoms with Crippen LogP contribution in [-0.2, 0) is 16.1 Å². The summed E-state index contributed by atoms with van der Waals surface area (Å²) >= 11 is 0. The van der Waals surface area contributed by atoms with Crippen LogP contribution in [0.25, 0.3) is 0 Å². The van der Waals surface area contributed by atoms with E-state index in [1.165, 1.54) is 23.2 Å². The summed E-state index contributed by atoms with van der Waals surface area (Å²) in [6.45, 7) is 3.98. The summed E-state index contributed by atoms with van der Waals surface area (Å²) in [7, 11) is 1.62. The van der Waals surface area contributed by atoms with Gasteiger partial charge in [-0.3, -0.25) is 14.3 Å². The summed E-state index contributed by atoms with van der Waals surface area (Å²) in [4.78, 5) is 52.9. The zero-order valence-corrected chi connectivity index (χ0v) is 24.2. The highest BCUT2D eigenvalue weighted by Crippen LogP contribution is 2.51. The number of carboxylic acid groups (broad SMARTS) is 1. The van der Waals surface area contributed by atoms with Crippen molar-refractivity contribution >= 4 is 29.5 Å². The van der Waals surface area contributed by atoms with Crippen molar-refractivity contribution in [2.45, 2.75) is 83.0 Å². The van der Waals surface area contributed by atoms with Crippen LogP contribution in [0.15, 0.2) is 30.5 Å². The molecule has 0 unspecified atom stereocenters. The molecule has 0 spiro atoms. The lowest BCUT2D eigenvalue weighted by atomic mass is 9.88. The minimum absolute atomic E-state index is 0.0389. The number of rotatable bonds is 13. The Morgan fingerprint density at radius 2 is 1.71 bits per heavy atom. The normalized spacial score (nSPS) is 18.6. The fraction of sp³-hybridized carbons (Fsp3) is 0.567. The Bertz CT molecular complexity index is 1340. The van der Waals surface area contributed by atoms with Gasteiger partial charge in [0, 0.05) is 31.7 Å². The van der Waals surface area contributed by atoms with Crippen molar-refractivity contribution in [2.24, 2.45) is 17.8 Å². The summed E-state index contributed by atoms with van der Waals surface area (Å²) in [6.07, 6.45) is 7.27. The number of aliphatic carboxylic acids is 1. The number of nitrogens with one attached hydrogen (secondary N) is 3. The number of amides is 4. The lowest BCUT2D eigenvalue weighted by Gasteiger charge is -2.28. The third-order valence-electron chi connectivity index (χ3n) is 8.77. The first-order valence-corrected chi connectivity index (χ1v) is 14.8. The summed E-state index contributed by atoms with van der Waals surface area (Å²) in [6, 6.07) is 3.23. The van der Waals surface area contributed by atoms with Crippen molar-refractivity contribution in [3.63, 3.8) is 0 Å². The Kier molecular flexibility index (Phi) is 8.51. The molecular weight excluding hydrogens is 543 g/mol. The van der Waals surface area contributed by atoms with Gasteiger partial charge in [0.05, 0.1) is 5.69 Å². The molecule has 1 aromatic heterocycles. The minimum atomic E-state index is -1.27. The van der Waals surface area contributed by atoms with Gasteiger partial charge >= 0.3 is 12.0 Å². The topological polar surface area (TPSA) is 146 Å². The third kappa shape index (κ3) is 6.57. The lowest BCUT2D eigenvalue weighted by Crippen LogP contribution is -2.50. The van der Waals surface area contributed by atoms with Gasteiger partial charge in [-0.1, -0.05) is 13.0 Å². The second kappa shape index (κ2) is 12.1. The molecule has 1 aromatic carbocycles. The van der Waals surface area contributed by atoms with Crippen molar-refractivity contribution in [1.29, 1.82) is 0 Å². The van der Waals surface area contributed by atoms with E-state index >= 15 is 4.39 Å². The zero-order chi connectivity index (χ0) is 30.1. The fourth-order valence-electron chi connectivity index (χ4n) is 5.80. The Morgan fingerprint density at radius 3 is 2.26 bits per heavy atom. The molecule has 0 aliphatic heterocycles. The predicted molar refractivity (Wildman–Crippen MR) is 152 cm³/mol. The predicted octanol–water partition coefficient (Wildman–Crippen LogP) is 3.58. The SMILES string of the molecule is CCn1nccc1C(=O)N[C@H](C(=O)Nc1ccc([C@H](C)[C@@H](NC(=O)N(C)C2CC2)C(=O)O)cc1F)C(C1CC1)C1CC1. The highest BCUT2D eigenvalue weighted by atomic mass is 19.1. The van der Waals surface area contributed by atoms with Gasteiger partial charge < -0.3 is 26.0 Å². The molecule has 42 heavy (non-hydrogen) atoms. The molecular formula is C30H39FN6O5. The van der Waals surface area contributed by atoms with Gasteiger partial charge in [0.1, 0.15) is 23.6 Å². The average molecular weight is 583 g/mol. The molecule has 12 heteroatoms. The first kappa shape index (κ1) is 29.5. The molecule has 3 atom stereocenters. The van der Waals surface area contributed by atoms with Crippen molar-refractivity contribution in [3.05, 3.63) is 47.5 Å². The van der Waals surface area contributed by atoms with Gasteiger partial charge in [-0.05, 0) is 87.0 Å². The summed E-state index contributed by atoms with van der Waals surface area (Å²) < 4.78 is 16.9. The number of hydrogen-bond donors (Lipinski definition) is 4. The van der Waals surface area contributed by atoms with Crippen LogP contribution < -0.4 is 16.0 Å². The van der Waals surface area contributed by atoms with E-state index in [9.17, 15) is 24.3 Å². The highest BCUT2D eigenvalue weighted by molar-refractivity contribution is 6.01. The molecule has 4 N–H and O–H groups in total. The van der Waals surface area contributed by atoms with Gasteiger partial charge in [-0.15, -0.1) is 0 Å². The molecule has 2 aromatic rings. The Labute approximate surface area is 244 Å². The summed E-state index contributed by atoms with van der Waals surface area (Å²) in [5, 5.41) is 22.1. The van der Waals surface area contributed by atoms with Gasteiger partial charge in [-0.25, -0.2) is 14.0 Å². The molecule has 5 rings (SSSR count). The van der Waals surface area contributed by atoms with E-state index in [4.69, 9.17) is 0 Å². The second-order valence-corrected chi connectivity index (χ2v) is 11.9. The van der Waals surface area contributed by atoms with Crippen LogP contribution >= 0.6 is 0 Å². The van der Waals surface area contributed by atoms with E-state index < -0.39 is 47.6 Å². The van der Waals surface area contributed by atoms with Gasteiger partial charge in [-0.2, -0.15) is 5.10 Å². The monoisotopic (exact) mass is 582 g/mol. The van der Waals surface area contributed by atoms with Gasteiger partial charge in [0.2, 0.25) is 5.91 Å². The maximum atomic E-state index is 15.4. The van der Waals surface area contributed by atoms with Crippen LogP contribution in [-0.4, -0.2) is 68.8 Å². The van der Waals surface area contributed by atoms with Crippen LogP contribution in [0, 0.1) is 23.6 Å². The lowest BCUT2D eigenvalue weighted by molar-refractivity contribution is -0.139. The fourth-order valence-corrected chi connectivity index (χ4v) is 5.80. The highest BCUT2D eigenvalue weighted by Gasteiger charge is 2.48. The molecule has 0 saturated heterocycles. The molecule has 0 bridgehead atoms. The molecule has 11 nitrogen and oxygen atoms in total. The van der Waals surface area contributed by atoms with Gasteiger partial charge in [0.15, 0.2) is 0 Å². The quantitative estimate of drug-likeness (QED) is 0.284. The van der Waals surface area contributed by atoms with E-state index in [2.05, 4.69) is 21.0 Å². The van der Waals surface area contributed by atoms with Crippen LogP contribution in [0.5, 0.6) is 0 Å². The van der Waals surface area contributed by atoms with E-state index in [1.54, 1.807) is 30.8 Å². The number of carbonyl (C=O) groups is 4. The van der Waals surface area contributed by atoms with E-state index in [0.717, 1.165) is 38.5 Å².